The number of likely N-dealkylation sites (tertiary alicyclic amines) is 1. The Morgan fingerprint density at radius 2 is 1.97 bits per heavy atom. The molecule has 2 N–H and O–H groups in total. The van der Waals surface area contributed by atoms with Gasteiger partial charge in [-0.25, -0.2) is 0 Å². The lowest BCUT2D eigenvalue weighted by Gasteiger charge is -2.61. The Morgan fingerprint density at radius 1 is 1.12 bits per heavy atom. The summed E-state index contributed by atoms with van der Waals surface area (Å²) in [6.07, 6.45) is 5.25. The summed E-state index contributed by atoms with van der Waals surface area (Å²) in [6.45, 7) is 3.09. The molecule has 168 valence electrons. The van der Waals surface area contributed by atoms with Crippen molar-refractivity contribution in [2.75, 3.05) is 19.6 Å². The van der Waals surface area contributed by atoms with Gasteiger partial charge < -0.3 is 15.2 Å². The summed E-state index contributed by atoms with van der Waals surface area (Å²) < 4.78 is 6.16. The van der Waals surface area contributed by atoms with E-state index in [1.54, 1.807) is 0 Å². The van der Waals surface area contributed by atoms with Crippen LogP contribution in [0, 0.1) is 5.92 Å². The van der Waals surface area contributed by atoms with E-state index in [1.165, 1.54) is 24.0 Å². The van der Waals surface area contributed by atoms with Crippen LogP contribution < -0.4 is 10.1 Å². The fraction of sp³-hybridized carbons (Fsp3) is 0.519. The number of piperidine rings is 1. The van der Waals surface area contributed by atoms with Crippen molar-refractivity contribution in [2.45, 2.75) is 62.2 Å². The van der Waals surface area contributed by atoms with Gasteiger partial charge in [-0.3, -0.25) is 9.69 Å². The summed E-state index contributed by atoms with van der Waals surface area (Å²) in [5.74, 6) is 1.67. The first-order chi connectivity index (χ1) is 15.6. The first-order valence-electron chi connectivity index (χ1n) is 12.1. The zero-order valence-electron chi connectivity index (χ0n) is 18.6. The molecule has 2 heterocycles. The van der Waals surface area contributed by atoms with Crippen molar-refractivity contribution in [2.24, 2.45) is 5.92 Å². The third-order valence-electron chi connectivity index (χ3n) is 8.42. The second-order valence-corrected chi connectivity index (χ2v) is 10.3. The normalized spacial score (nSPS) is 31.8. The Hall–Kier alpha value is -2.37. The number of amides is 1. The maximum atomic E-state index is 12.4. The number of benzene rings is 2. The quantitative estimate of drug-likeness (QED) is 0.762. The number of fused-ring (bicyclic) bond motifs is 1. The predicted octanol–water partition coefficient (Wildman–Crippen LogP) is 3.18. The maximum absolute atomic E-state index is 12.4. The molecule has 2 aliphatic carbocycles. The Kier molecular flexibility index (Phi) is 4.81. The highest BCUT2D eigenvalue weighted by Gasteiger charge is 2.63. The molecule has 3 fully saturated rings. The number of hydrogen-bond acceptors (Lipinski definition) is 4. The van der Waals surface area contributed by atoms with E-state index < -0.39 is 11.0 Å². The smallest absolute Gasteiger partial charge is 0.220 e. The average Bonchev–Trinajstić information content (AvgIpc) is 3.64. The van der Waals surface area contributed by atoms with E-state index in [9.17, 15) is 9.90 Å². The van der Waals surface area contributed by atoms with E-state index in [0.717, 1.165) is 43.2 Å². The van der Waals surface area contributed by atoms with Crippen molar-refractivity contribution >= 4 is 5.91 Å². The summed E-state index contributed by atoms with van der Waals surface area (Å²) in [4.78, 5) is 14.9. The molecule has 5 heteroatoms. The van der Waals surface area contributed by atoms with Crippen LogP contribution in [0.5, 0.6) is 5.75 Å². The first kappa shape index (κ1) is 20.3. The van der Waals surface area contributed by atoms with E-state index in [-0.39, 0.29) is 11.9 Å². The molecule has 2 aliphatic heterocycles. The summed E-state index contributed by atoms with van der Waals surface area (Å²) in [5, 5.41) is 15.5. The minimum atomic E-state index is -0.898. The van der Waals surface area contributed by atoms with Gasteiger partial charge in [0.05, 0.1) is 5.60 Å². The molecule has 1 saturated carbocycles. The summed E-state index contributed by atoms with van der Waals surface area (Å²) in [7, 11) is 0. The third-order valence-corrected chi connectivity index (χ3v) is 8.42. The van der Waals surface area contributed by atoms with Gasteiger partial charge in [-0.2, -0.15) is 0 Å². The molecular formula is C27H32N2O3. The fourth-order valence-electron chi connectivity index (χ4n) is 6.45. The van der Waals surface area contributed by atoms with Crippen molar-refractivity contribution in [3.63, 3.8) is 0 Å². The molecule has 1 amide bonds. The lowest BCUT2D eigenvalue weighted by Crippen LogP contribution is -2.73. The molecular weight excluding hydrogens is 400 g/mol. The van der Waals surface area contributed by atoms with Gasteiger partial charge in [0.25, 0.3) is 0 Å². The molecule has 2 aromatic rings. The second-order valence-electron chi connectivity index (χ2n) is 10.3. The molecule has 5 nitrogen and oxygen atoms in total. The lowest BCUT2D eigenvalue weighted by molar-refractivity contribution is -0.147. The molecule has 2 bridgehead atoms. The van der Waals surface area contributed by atoms with Gasteiger partial charge in [-0.1, -0.05) is 36.4 Å². The molecule has 0 radical (unpaired) electrons. The maximum Gasteiger partial charge on any atom is 0.220 e. The van der Waals surface area contributed by atoms with Crippen LogP contribution in [0.1, 0.15) is 48.8 Å². The number of ether oxygens (including phenoxy) is 1. The van der Waals surface area contributed by atoms with Crippen LogP contribution in [0.25, 0.3) is 0 Å². The molecule has 0 spiro atoms. The minimum absolute atomic E-state index is 0.0552. The molecule has 2 aromatic carbocycles. The molecule has 32 heavy (non-hydrogen) atoms. The number of hydrogen-bond donors (Lipinski definition) is 2. The standard InChI is InChI=1S/C27H32N2O3/c30-25-10-11-27(31)24-14-21-8-9-22(32-17-20-4-2-1-3-5-20)15-23(21)26(27,18-28-25)12-13-29(24)16-19-6-7-19/h1-5,8-9,15,19,24,31H,6-7,10-14,16-18H2,(H,28,30). The molecule has 3 atom stereocenters. The Morgan fingerprint density at radius 3 is 2.78 bits per heavy atom. The molecule has 0 aromatic heterocycles. The van der Waals surface area contributed by atoms with E-state index in [2.05, 4.69) is 40.5 Å². The molecule has 2 saturated heterocycles. The fourth-order valence-corrected chi connectivity index (χ4v) is 6.45. The Balaban J connectivity index is 1.37. The number of carbonyl (C=O) groups is 1. The number of carbonyl (C=O) groups excluding carboxylic acids is 1. The van der Waals surface area contributed by atoms with Crippen LogP contribution in [0.2, 0.25) is 0 Å². The van der Waals surface area contributed by atoms with Crippen LogP contribution in [0.15, 0.2) is 48.5 Å². The average molecular weight is 433 g/mol. The number of rotatable bonds is 5. The molecule has 4 aliphatic rings. The van der Waals surface area contributed by atoms with Crippen LogP contribution in [0.3, 0.4) is 0 Å². The van der Waals surface area contributed by atoms with Gasteiger partial charge in [-0.15, -0.1) is 0 Å². The van der Waals surface area contributed by atoms with Crippen LogP contribution in [0.4, 0.5) is 0 Å². The summed E-state index contributed by atoms with van der Waals surface area (Å²) >= 11 is 0. The van der Waals surface area contributed by atoms with E-state index in [4.69, 9.17) is 4.74 Å². The van der Waals surface area contributed by atoms with E-state index in [0.29, 0.717) is 26.0 Å². The Bertz CT molecular complexity index is 1020. The summed E-state index contributed by atoms with van der Waals surface area (Å²) in [6, 6.07) is 16.7. The second kappa shape index (κ2) is 7.60. The van der Waals surface area contributed by atoms with Crippen molar-refractivity contribution in [1.82, 2.24) is 10.2 Å². The van der Waals surface area contributed by atoms with Crippen molar-refractivity contribution in [1.29, 1.82) is 0 Å². The largest absolute Gasteiger partial charge is 0.489 e. The monoisotopic (exact) mass is 432 g/mol. The van der Waals surface area contributed by atoms with Gasteiger partial charge in [0.15, 0.2) is 0 Å². The van der Waals surface area contributed by atoms with Gasteiger partial charge >= 0.3 is 0 Å². The van der Waals surface area contributed by atoms with Crippen LogP contribution in [-0.2, 0) is 23.2 Å². The number of nitrogens with zero attached hydrogens (tertiary/aromatic N) is 1. The first-order valence-corrected chi connectivity index (χ1v) is 12.1. The summed E-state index contributed by atoms with van der Waals surface area (Å²) in [5.41, 5.74) is 2.25. The number of aliphatic hydroxyl groups is 1. The third kappa shape index (κ3) is 3.25. The topological polar surface area (TPSA) is 61.8 Å². The van der Waals surface area contributed by atoms with Gasteiger partial charge in [-0.05, 0) is 73.4 Å². The molecule has 3 unspecified atom stereocenters. The van der Waals surface area contributed by atoms with Gasteiger partial charge in [0.2, 0.25) is 5.91 Å². The highest BCUT2D eigenvalue weighted by atomic mass is 16.5. The van der Waals surface area contributed by atoms with Crippen molar-refractivity contribution < 1.29 is 14.6 Å². The van der Waals surface area contributed by atoms with E-state index >= 15 is 0 Å². The van der Waals surface area contributed by atoms with Crippen LogP contribution >= 0.6 is 0 Å². The van der Waals surface area contributed by atoms with Gasteiger partial charge in [0.1, 0.15) is 12.4 Å². The molecule has 6 rings (SSSR count). The SMILES string of the molecule is O=C1CCC2(O)C3Cc4ccc(OCc5ccccc5)cc4C2(CCN3CC2CC2)CN1. The predicted molar refractivity (Wildman–Crippen MR) is 122 cm³/mol. The highest BCUT2D eigenvalue weighted by molar-refractivity contribution is 5.77. The van der Waals surface area contributed by atoms with Crippen LogP contribution in [-0.4, -0.2) is 47.2 Å². The number of nitrogens with one attached hydrogen (secondary N) is 1. The van der Waals surface area contributed by atoms with Crippen molar-refractivity contribution in [3.05, 3.63) is 65.2 Å². The van der Waals surface area contributed by atoms with Gasteiger partial charge in [0, 0.05) is 31.0 Å². The van der Waals surface area contributed by atoms with Crippen molar-refractivity contribution in [3.8, 4) is 5.75 Å². The zero-order chi connectivity index (χ0) is 21.8. The highest BCUT2D eigenvalue weighted by Crippen LogP contribution is 2.55. The lowest BCUT2D eigenvalue weighted by atomic mass is 9.53. The van der Waals surface area contributed by atoms with E-state index in [1.807, 2.05) is 18.2 Å². The minimum Gasteiger partial charge on any atom is -0.489 e. The Labute approximate surface area is 189 Å². The zero-order valence-corrected chi connectivity index (χ0v) is 18.6.